The van der Waals surface area contributed by atoms with Crippen LogP contribution in [0.5, 0.6) is 0 Å². The van der Waals surface area contributed by atoms with Gasteiger partial charge in [-0.2, -0.15) is 0 Å². The van der Waals surface area contributed by atoms with E-state index in [-0.39, 0.29) is 11.8 Å². The molecule has 0 unspecified atom stereocenters. The van der Waals surface area contributed by atoms with Crippen molar-refractivity contribution in [2.24, 2.45) is 0 Å². The molecule has 0 atom stereocenters. The average Bonchev–Trinajstić information content (AvgIpc) is 3.10. The van der Waals surface area contributed by atoms with E-state index in [0.717, 1.165) is 39.0 Å². The van der Waals surface area contributed by atoms with Crippen molar-refractivity contribution in [2.45, 2.75) is 12.8 Å². The van der Waals surface area contributed by atoms with Crippen LogP contribution in [-0.4, -0.2) is 77.3 Å². The van der Waals surface area contributed by atoms with Crippen molar-refractivity contribution >= 4 is 11.8 Å². The van der Waals surface area contributed by atoms with E-state index in [1.807, 2.05) is 15.9 Å². The smallest absolute Gasteiger partial charge is 0.272 e. The number of hydrogen-bond donors (Lipinski definition) is 0. The van der Waals surface area contributed by atoms with Crippen molar-refractivity contribution < 1.29 is 9.59 Å². The Balaban J connectivity index is 1.48. The van der Waals surface area contributed by atoms with Gasteiger partial charge >= 0.3 is 0 Å². The Morgan fingerprint density at radius 2 is 1.68 bits per heavy atom. The van der Waals surface area contributed by atoms with E-state index in [0.29, 0.717) is 25.3 Å². The van der Waals surface area contributed by atoms with Gasteiger partial charge < -0.3 is 9.80 Å². The Morgan fingerprint density at radius 1 is 0.955 bits per heavy atom. The SMILES string of the molecule is O=C(CN1CCN(C(=O)c2ccccn2)CC1)N1CCCC1. The molecule has 0 bridgehead atoms. The number of hydrogen-bond acceptors (Lipinski definition) is 4. The van der Waals surface area contributed by atoms with Crippen LogP contribution < -0.4 is 0 Å². The summed E-state index contributed by atoms with van der Waals surface area (Å²) in [7, 11) is 0. The first-order valence-corrected chi connectivity index (χ1v) is 7.94. The standard InChI is InChI=1S/C16H22N4O2/c21-15(19-7-3-4-8-19)13-18-9-11-20(12-10-18)16(22)14-5-1-2-6-17-14/h1-2,5-6H,3-4,7-13H2. The number of rotatable bonds is 3. The number of aromatic nitrogens is 1. The van der Waals surface area contributed by atoms with E-state index >= 15 is 0 Å². The van der Waals surface area contributed by atoms with Crippen LogP contribution in [-0.2, 0) is 4.79 Å². The Kier molecular flexibility index (Phi) is 4.68. The summed E-state index contributed by atoms with van der Waals surface area (Å²) in [6, 6.07) is 5.37. The molecule has 0 aromatic carbocycles. The molecular weight excluding hydrogens is 280 g/mol. The van der Waals surface area contributed by atoms with Crippen LogP contribution in [0.15, 0.2) is 24.4 Å². The molecule has 2 fully saturated rings. The quantitative estimate of drug-likeness (QED) is 0.814. The van der Waals surface area contributed by atoms with Crippen LogP contribution >= 0.6 is 0 Å². The number of piperazine rings is 1. The largest absolute Gasteiger partial charge is 0.342 e. The minimum absolute atomic E-state index is 0.0221. The van der Waals surface area contributed by atoms with E-state index in [2.05, 4.69) is 9.88 Å². The molecule has 0 radical (unpaired) electrons. The number of likely N-dealkylation sites (tertiary alicyclic amines) is 1. The van der Waals surface area contributed by atoms with Crippen molar-refractivity contribution in [3.63, 3.8) is 0 Å². The summed E-state index contributed by atoms with van der Waals surface area (Å²) in [6.45, 7) is 5.08. The summed E-state index contributed by atoms with van der Waals surface area (Å²) >= 11 is 0. The minimum Gasteiger partial charge on any atom is -0.342 e. The summed E-state index contributed by atoms with van der Waals surface area (Å²) < 4.78 is 0. The number of pyridine rings is 1. The van der Waals surface area contributed by atoms with Crippen molar-refractivity contribution in [3.8, 4) is 0 Å². The molecule has 2 aliphatic rings. The van der Waals surface area contributed by atoms with Crippen LogP contribution in [0, 0.1) is 0 Å². The molecule has 3 rings (SSSR count). The van der Waals surface area contributed by atoms with Crippen LogP contribution in [0.3, 0.4) is 0 Å². The lowest BCUT2D eigenvalue weighted by Crippen LogP contribution is -2.51. The molecule has 2 amide bonds. The first-order chi connectivity index (χ1) is 10.7. The lowest BCUT2D eigenvalue weighted by Gasteiger charge is -2.34. The molecule has 0 saturated carbocycles. The molecule has 1 aromatic heterocycles. The molecule has 0 aliphatic carbocycles. The second kappa shape index (κ2) is 6.87. The lowest BCUT2D eigenvalue weighted by atomic mass is 10.2. The molecule has 3 heterocycles. The topological polar surface area (TPSA) is 56.8 Å². The van der Waals surface area contributed by atoms with E-state index in [4.69, 9.17) is 0 Å². The number of carbonyl (C=O) groups is 2. The van der Waals surface area contributed by atoms with Gasteiger partial charge in [0.1, 0.15) is 5.69 Å². The van der Waals surface area contributed by atoms with E-state index in [1.54, 1.807) is 18.3 Å². The molecule has 0 N–H and O–H groups in total. The molecule has 0 spiro atoms. The average molecular weight is 302 g/mol. The van der Waals surface area contributed by atoms with Gasteiger partial charge in [-0.05, 0) is 25.0 Å². The fourth-order valence-corrected chi connectivity index (χ4v) is 3.02. The van der Waals surface area contributed by atoms with Crippen molar-refractivity contribution in [3.05, 3.63) is 30.1 Å². The summed E-state index contributed by atoms with van der Waals surface area (Å²) in [5.74, 6) is 0.202. The van der Waals surface area contributed by atoms with Gasteiger partial charge in [0.05, 0.1) is 6.54 Å². The molecule has 6 heteroatoms. The van der Waals surface area contributed by atoms with Crippen molar-refractivity contribution in [2.75, 3.05) is 45.8 Å². The summed E-state index contributed by atoms with van der Waals surface area (Å²) in [5, 5.41) is 0. The fraction of sp³-hybridized carbons (Fsp3) is 0.562. The highest BCUT2D eigenvalue weighted by molar-refractivity contribution is 5.92. The van der Waals surface area contributed by atoms with Gasteiger partial charge in [0.2, 0.25) is 5.91 Å². The Hall–Kier alpha value is -1.95. The van der Waals surface area contributed by atoms with Gasteiger partial charge in [-0.3, -0.25) is 19.5 Å². The fourth-order valence-electron chi connectivity index (χ4n) is 3.02. The maximum atomic E-state index is 12.3. The highest BCUT2D eigenvalue weighted by Crippen LogP contribution is 2.10. The van der Waals surface area contributed by atoms with E-state index in [9.17, 15) is 9.59 Å². The maximum absolute atomic E-state index is 12.3. The van der Waals surface area contributed by atoms with Gasteiger partial charge in [0.25, 0.3) is 5.91 Å². The van der Waals surface area contributed by atoms with Crippen LogP contribution in [0.1, 0.15) is 23.3 Å². The molecule has 2 aliphatic heterocycles. The lowest BCUT2D eigenvalue weighted by molar-refractivity contribution is -0.131. The Morgan fingerprint density at radius 3 is 2.32 bits per heavy atom. The Bertz CT molecular complexity index is 520. The predicted octanol–water partition coefficient (Wildman–Crippen LogP) is 0.462. The second-order valence-electron chi connectivity index (χ2n) is 5.87. The van der Waals surface area contributed by atoms with Gasteiger partial charge in [-0.15, -0.1) is 0 Å². The van der Waals surface area contributed by atoms with E-state index in [1.165, 1.54) is 0 Å². The van der Waals surface area contributed by atoms with E-state index < -0.39 is 0 Å². The molecule has 2 saturated heterocycles. The minimum atomic E-state index is -0.0221. The van der Waals surface area contributed by atoms with Gasteiger partial charge in [-0.1, -0.05) is 6.07 Å². The highest BCUT2D eigenvalue weighted by Gasteiger charge is 2.26. The third-order valence-electron chi connectivity index (χ3n) is 4.36. The molecule has 22 heavy (non-hydrogen) atoms. The Labute approximate surface area is 130 Å². The summed E-state index contributed by atoms with van der Waals surface area (Å²) in [4.78, 5) is 34.5. The van der Waals surface area contributed by atoms with Gasteiger partial charge in [0.15, 0.2) is 0 Å². The number of amides is 2. The normalized spacial score (nSPS) is 19.5. The van der Waals surface area contributed by atoms with Crippen LogP contribution in [0.25, 0.3) is 0 Å². The van der Waals surface area contributed by atoms with Crippen LogP contribution in [0.2, 0.25) is 0 Å². The maximum Gasteiger partial charge on any atom is 0.272 e. The molecule has 118 valence electrons. The molecule has 6 nitrogen and oxygen atoms in total. The third-order valence-corrected chi connectivity index (χ3v) is 4.36. The number of carbonyl (C=O) groups excluding carboxylic acids is 2. The van der Waals surface area contributed by atoms with Crippen molar-refractivity contribution in [1.82, 2.24) is 19.7 Å². The monoisotopic (exact) mass is 302 g/mol. The van der Waals surface area contributed by atoms with Crippen molar-refractivity contribution in [1.29, 1.82) is 0 Å². The summed E-state index contributed by atoms with van der Waals surface area (Å²) in [5.41, 5.74) is 0.490. The zero-order valence-electron chi connectivity index (χ0n) is 12.8. The van der Waals surface area contributed by atoms with Gasteiger partial charge in [0, 0.05) is 45.5 Å². The first kappa shape index (κ1) is 15.0. The zero-order valence-corrected chi connectivity index (χ0v) is 12.8. The first-order valence-electron chi connectivity index (χ1n) is 7.94. The number of nitrogens with zero attached hydrogens (tertiary/aromatic N) is 4. The molecular formula is C16H22N4O2. The summed E-state index contributed by atoms with van der Waals surface area (Å²) in [6.07, 6.45) is 3.88. The zero-order chi connectivity index (χ0) is 15.4. The second-order valence-corrected chi connectivity index (χ2v) is 5.87. The molecule has 1 aromatic rings. The highest BCUT2D eigenvalue weighted by atomic mass is 16.2. The van der Waals surface area contributed by atoms with Gasteiger partial charge in [-0.25, -0.2) is 0 Å². The predicted molar refractivity (Wildman–Crippen MR) is 82.4 cm³/mol. The van der Waals surface area contributed by atoms with Crippen LogP contribution in [0.4, 0.5) is 0 Å². The third kappa shape index (κ3) is 3.44.